The quantitative estimate of drug-likeness (QED) is 0.686. The summed E-state index contributed by atoms with van der Waals surface area (Å²) in [6.07, 6.45) is -3.79. The van der Waals surface area contributed by atoms with Gasteiger partial charge < -0.3 is 9.72 Å². The number of hydrogen-bond acceptors (Lipinski definition) is 3. The number of halogens is 4. The molecule has 0 fully saturated rings. The molecule has 0 unspecified atom stereocenters. The summed E-state index contributed by atoms with van der Waals surface area (Å²) in [5.41, 5.74) is -1.49. The number of H-pyrrole nitrogens is 1. The third kappa shape index (κ3) is 2.84. The molecular weight excluding hydrogens is 295 g/mol. The van der Waals surface area contributed by atoms with E-state index in [0.29, 0.717) is 0 Å². The minimum Gasteiger partial charge on any atom is -0.399 e. The molecular formula is C8H5BrF3NO3. The Hall–Kier alpha value is -1.31. The molecule has 4 nitrogen and oxygen atoms in total. The van der Waals surface area contributed by atoms with Crippen LogP contribution in [0.3, 0.4) is 0 Å². The molecule has 0 aromatic carbocycles. The molecule has 0 aliphatic carbocycles. The number of pyridine rings is 1. The Balaban J connectivity index is 3.33. The van der Waals surface area contributed by atoms with Gasteiger partial charge in [-0.3, -0.25) is 9.59 Å². The standard InChI is InChI=1S/C8H5BrF3NO3/c9-1-4-2-13-5(3-14)7(6(4)15)16-8(10,11)12/h2-3H,1H2,(H,13,15). The van der Waals surface area contributed by atoms with Crippen LogP contribution in [0.25, 0.3) is 0 Å². The molecule has 0 radical (unpaired) electrons. The molecule has 0 atom stereocenters. The van der Waals surface area contributed by atoms with E-state index in [4.69, 9.17) is 0 Å². The van der Waals surface area contributed by atoms with Gasteiger partial charge in [0, 0.05) is 17.1 Å². The summed E-state index contributed by atoms with van der Waals surface area (Å²) in [6.45, 7) is 0. The first kappa shape index (κ1) is 12.8. The van der Waals surface area contributed by atoms with Crippen LogP contribution in [0, 0.1) is 0 Å². The molecule has 1 N–H and O–H groups in total. The molecule has 0 aliphatic heterocycles. The lowest BCUT2D eigenvalue weighted by atomic mass is 10.2. The minimum atomic E-state index is -5.02. The average molecular weight is 300 g/mol. The highest BCUT2D eigenvalue weighted by atomic mass is 79.9. The topological polar surface area (TPSA) is 59.2 Å². The van der Waals surface area contributed by atoms with Gasteiger partial charge in [-0.2, -0.15) is 0 Å². The molecule has 1 aromatic rings. The van der Waals surface area contributed by atoms with E-state index < -0.39 is 23.2 Å². The summed E-state index contributed by atoms with van der Waals surface area (Å²) in [6, 6.07) is 0. The van der Waals surface area contributed by atoms with Crippen molar-refractivity contribution in [2.75, 3.05) is 0 Å². The zero-order valence-electron chi connectivity index (χ0n) is 7.60. The fraction of sp³-hybridized carbons (Fsp3) is 0.250. The molecule has 8 heteroatoms. The number of aromatic nitrogens is 1. The van der Waals surface area contributed by atoms with E-state index in [1.807, 2.05) is 0 Å². The average Bonchev–Trinajstić information content (AvgIpc) is 2.19. The highest BCUT2D eigenvalue weighted by Gasteiger charge is 2.33. The SMILES string of the molecule is O=Cc1[nH]cc(CBr)c(=O)c1OC(F)(F)F. The minimum absolute atomic E-state index is 0.0323. The Bertz CT molecular complexity index is 455. The van der Waals surface area contributed by atoms with Crippen molar-refractivity contribution in [2.45, 2.75) is 11.7 Å². The predicted molar refractivity (Wildman–Crippen MR) is 51.8 cm³/mol. The van der Waals surface area contributed by atoms with E-state index in [0.717, 1.165) is 6.20 Å². The number of aromatic amines is 1. The molecule has 1 aromatic heterocycles. The van der Waals surface area contributed by atoms with Crippen LogP contribution in [0.1, 0.15) is 16.1 Å². The number of alkyl halides is 4. The summed E-state index contributed by atoms with van der Waals surface area (Å²) in [7, 11) is 0. The van der Waals surface area contributed by atoms with Gasteiger partial charge >= 0.3 is 6.36 Å². The van der Waals surface area contributed by atoms with Crippen LogP contribution >= 0.6 is 15.9 Å². The van der Waals surface area contributed by atoms with Gasteiger partial charge in [0.05, 0.1) is 0 Å². The molecule has 0 amide bonds. The number of ether oxygens (including phenoxy) is 1. The van der Waals surface area contributed by atoms with Gasteiger partial charge in [0.2, 0.25) is 11.2 Å². The normalized spacial score (nSPS) is 11.2. The monoisotopic (exact) mass is 299 g/mol. The molecule has 88 valence electrons. The Morgan fingerprint density at radius 1 is 1.50 bits per heavy atom. The summed E-state index contributed by atoms with van der Waals surface area (Å²) in [5.74, 6) is -1.04. The highest BCUT2D eigenvalue weighted by Crippen LogP contribution is 2.22. The van der Waals surface area contributed by atoms with Crippen molar-refractivity contribution in [3.8, 4) is 5.75 Å². The van der Waals surface area contributed by atoms with E-state index in [-0.39, 0.29) is 17.2 Å². The zero-order valence-corrected chi connectivity index (χ0v) is 9.18. The number of carbonyl (C=O) groups is 1. The van der Waals surface area contributed by atoms with Crippen molar-refractivity contribution < 1.29 is 22.7 Å². The van der Waals surface area contributed by atoms with E-state index >= 15 is 0 Å². The molecule has 1 rings (SSSR count). The molecule has 0 saturated carbocycles. The first-order valence-corrected chi connectivity index (χ1v) is 5.02. The lowest BCUT2D eigenvalue weighted by Gasteiger charge is -2.10. The van der Waals surface area contributed by atoms with Crippen LogP contribution in [0.5, 0.6) is 5.75 Å². The Morgan fingerprint density at radius 3 is 2.56 bits per heavy atom. The Kier molecular flexibility index (Phi) is 3.74. The molecule has 0 saturated heterocycles. The number of rotatable bonds is 3. The predicted octanol–water partition coefficient (Wildman–Crippen LogP) is 1.98. The van der Waals surface area contributed by atoms with E-state index in [2.05, 4.69) is 25.7 Å². The summed E-state index contributed by atoms with van der Waals surface area (Å²) in [5, 5.41) is 0.0513. The lowest BCUT2D eigenvalue weighted by molar-refractivity contribution is -0.275. The fourth-order valence-electron chi connectivity index (χ4n) is 0.968. The Labute approximate surface area is 95.5 Å². The first-order chi connectivity index (χ1) is 7.39. The number of nitrogens with one attached hydrogen (secondary N) is 1. The van der Waals surface area contributed by atoms with Crippen molar-refractivity contribution in [1.82, 2.24) is 4.98 Å². The summed E-state index contributed by atoms with van der Waals surface area (Å²) < 4.78 is 39.4. The Morgan fingerprint density at radius 2 is 2.12 bits per heavy atom. The molecule has 0 bridgehead atoms. The van der Waals surface area contributed by atoms with E-state index in [9.17, 15) is 22.8 Å². The van der Waals surface area contributed by atoms with E-state index in [1.165, 1.54) is 0 Å². The van der Waals surface area contributed by atoms with Crippen LogP contribution in [-0.2, 0) is 5.33 Å². The molecule has 0 spiro atoms. The van der Waals surface area contributed by atoms with Gasteiger partial charge in [0.15, 0.2) is 6.29 Å². The first-order valence-electron chi connectivity index (χ1n) is 3.90. The van der Waals surface area contributed by atoms with Gasteiger partial charge in [0.1, 0.15) is 5.69 Å². The van der Waals surface area contributed by atoms with Crippen molar-refractivity contribution in [3.05, 3.63) is 27.7 Å². The van der Waals surface area contributed by atoms with Gasteiger partial charge in [-0.25, -0.2) is 0 Å². The second-order valence-corrected chi connectivity index (χ2v) is 3.25. The van der Waals surface area contributed by atoms with Gasteiger partial charge in [0.25, 0.3) is 0 Å². The van der Waals surface area contributed by atoms with Crippen LogP contribution in [0.2, 0.25) is 0 Å². The maximum Gasteiger partial charge on any atom is 0.573 e. The van der Waals surface area contributed by atoms with Gasteiger partial charge in [-0.1, -0.05) is 15.9 Å². The maximum absolute atomic E-state index is 12.0. The summed E-state index contributed by atoms with van der Waals surface area (Å²) >= 11 is 2.92. The number of carbonyl (C=O) groups excluding carboxylic acids is 1. The third-order valence-corrected chi connectivity index (χ3v) is 2.23. The van der Waals surface area contributed by atoms with Crippen molar-refractivity contribution in [1.29, 1.82) is 0 Å². The second kappa shape index (κ2) is 4.69. The lowest BCUT2D eigenvalue weighted by Crippen LogP contribution is -2.24. The molecule has 0 aliphatic rings. The largest absolute Gasteiger partial charge is 0.573 e. The maximum atomic E-state index is 12.0. The zero-order chi connectivity index (χ0) is 12.3. The van der Waals surface area contributed by atoms with Gasteiger partial charge in [-0.05, 0) is 0 Å². The van der Waals surface area contributed by atoms with Gasteiger partial charge in [-0.15, -0.1) is 13.2 Å². The smallest absolute Gasteiger partial charge is 0.399 e. The van der Waals surface area contributed by atoms with Crippen LogP contribution < -0.4 is 10.2 Å². The third-order valence-electron chi connectivity index (χ3n) is 1.62. The van der Waals surface area contributed by atoms with Crippen molar-refractivity contribution >= 4 is 22.2 Å². The fourth-order valence-corrected chi connectivity index (χ4v) is 1.38. The number of hydrogen-bond donors (Lipinski definition) is 1. The number of aldehydes is 1. The van der Waals surface area contributed by atoms with Crippen LogP contribution in [0.4, 0.5) is 13.2 Å². The van der Waals surface area contributed by atoms with Crippen LogP contribution in [-0.4, -0.2) is 17.6 Å². The van der Waals surface area contributed by atoms with E-state index in [1.54, 1.807) is 0 Å². The summed E-state index contributed by atoms with van der Waals surface area (Å²) in [4.78, 5) is 24.1. The highest BCUT2D eigenvalue weighted by molar-refractivity contribution is 9.08. The second-order valence-electron chi connectivity index (χ2n) is 2.69. The van der Waals surface area contributed by atoms with Crippen LogP contribution in [0.15, 0.2) is 11.0 Å². The van der Waals surface area contributed by atoms with Crippen molar-refractivity contribution in [3.63, 3.8) is 0 Å². The molecule has 1 heterocycles. The molecule has 16 heavy (non-hydrogen) atoms. The van der Waals surface area contributed by atoms with Crippen molar-refractivity contribution in [2.24, 2.45) is 0 Å².